The van der Waals surface area contributed by atoms with Gasteiger partial charge in [-0.2, -0.15) is 0 Å². The predicted molar refractivity (Wildman–Crippen MR) is 78.6 cm³/mol. The first kappa shape index (κ1) is 16.8. The summed E-state index contributed by atoms with van der Waals surface area (Å²) in [5.41, 5.74) is 0. The van der Waals surface area contributed by atoms with Gasteiger partial charge in [0, 0.05) is 19.0 Å². The maximum absolute atomic E-state index is 11.7. The van der Waals surface area contributed by atoms with Crippen LogP contribution in [0.1, 0.15) is 58.8 Å². The van der Waals surface area contributed by atoms with Crippen LogP contribution in [0.2, 0.25) is 0 Å². The van der Waals surface area contributed by atoms with Gasteiger partial charge in [0.2, 0.25) is 0 Å². The van der Waals surface area contributed by atoms with Crippen LogP contribution in [0.15, 0.2) is 0 Å². The smallest absolute Gasteiger partial charge is 0.315 e. The summed E-state index contributed by atoms with van der Waals surface area (Å²) >= 11 is 0. The number of urea groups is 1. The summed E-state index contributed by atoms with van der Waals surface area (Å²) in [6.07, 6.45) is 6.04. The third-order valence-corrected chi connectivity index (χ3v) is 4.21. The first-order valence-corrected chi connectivity index (χ1v) is 7.77. The summed E-state index contributed by atoms with van der Waals surface area (Å²) in [6.45, 7) is 4.90. The van der Waals surface area contributed by atoms with Gasteiger partial charge in [0.1, 0.15) is 0 Å². The van der Waals surface area contributed by atoms with Gasteiger partial charge in [-0.1, -0.05) is 20.3 Å². The number of hydrogen-bond donors (Lipinski definition) is 3. The molecule has 0 spiro atoms. The number of carbonyl (C=O) groups excluding carboxylic acids is 1. The van der Waals surface area contributed by atoms with Gasteiger partial charge < -0.3 is 15.7 Å². The Balaban J connectivity index is 2.12. The number of carbonyl (C=O) groups is 2. The van der Waals surface area contributed by atoms with Crippen molar-refractivity contribution >= 4 is 12.0 Å². The van der Waals surface area contributed by atoms with Crippen molar-refractivity contribution < 1.29 is 14.7 Å². The number of carboxylic acids is 1. The SMILES string of the molecule is CCC(CCNC(=O)NC1CCC(C)C1)CCC(=O)O. The number of carboxylic acid groups (broad SMARTS) is 1. The van der Waals surface area contributed by atoms with Gasteiger partial charge in [-0.3, -0.25) is 4.79 Å². The Morgan fingerprint density at radius 3 is 2.60 bits per heavy atom. The van der Waals surface area contributed by atoms with Crippen molar-refractivity contribution in [3.63, 3.8) is 0 Å². The van der Waals surface area contributed by atoms with Crippen LogP contribution in [0.25, 0.3) is 0 Å². The molecule has 0 saturated heterocycles. The maximum atomic E-state index is 11.7. The van der Waals surface area contributed by atoms with Crippen LogP contribution >= 0.6 is 0 Å². The molecule has 0 bridgehead atoms. The lowest BCUT2D eigenvalue weighted by atomic mass is 9.97. The minimum absolute atomic E-state index is 0.0859. The van der Waals surface area contributed by atoms with Gasteiger partial charge in [0.25, 0.3) is 0 Å². The highest BCUT2D eigenvalue weighted by molar-refractivity contribution is 5.74. The van der Waals surface area contributed by atoms with Crippen molar-refractivity contribution in [2.24, 2.45) is 11.8 Å². The van der Waals surface area contributed by atoms with Crippen molar-refractivity contribution in [1.82, 2.24) is 10.6 Å². The van der Waals surface area contributed by atoms with Crippen LogP contribution in [0.4, 0.5) is 4.79 Å². The predicted octanol–water partition coefficient (Wildman–Crippen LogP) is 2.76. The highest BCUT2D eigenvalue weighted by Gasteiger charge is 2.22. The molecule has 5 heteroatoms. The fourth-order valence-electron chi connectivity index (χ4n) is 2.84. The van der Waals surface area contributed by atoms with E-state index in [4.69, 9.17) is 5.11 Å². The molecule has 3 unspecified atom stereocenters. The van der Waals surface area contributed by atoms with Crippen molar-refractivity contribution in [3.8, 4) is 0 Å². The molecule has 1 aliphatic rings. The molecular formula is C15H28N2O3. The maximum Gasteiger partial charge on any atom is 0.315 e. The summed E-state index contributed by atoms with van der Waals surface area (Å²) in [6, 6.07) is 0.233. The van der Waals surface area contributed by atoms with Gasteiger partial charge in [-0.25, -0.2) is 4.79 Å². The monoisotopic (exact) mass is 284 g/mol. The van der Waals surface area contributed by atoms with Crippen molar-refractivity contribution in [2.75, 3.05) is 6.54 Å². The van der Waals surface area contributed by atoms with Crippen molar-refractivity contribution in [3.05, 3.63) is 0 Å². The van der Waals surface area contributed by atoms with E-state index in [-0.39, 0.29) is 12.5 Å². The Bertz CT molecular complexity index is 320. The largest absolute Gasteiger partial charge is 0.481 e. The van der Waals surface area contributed by atoms with Gasteiger partial charge in [-0.15, -0.1) is 0 Å². The highest BCUT2D eigenvalue weighted by Crippen LogP contribution is 2.24. The van der Waals surface area contributed by atoms with E-state index in [1.54, 1.807) is 0 Å². The second kappa shape index (κ2) is 8.82. The third-order valence-electron chi connectivity index (χ3n) is 4.21. The van der Waals surface area contributed by atoms with E-state index in [1.807, 2.05) is 0 Å². The molecule has 1 rings (SSSR count). The number of amides is 2. The Hall–Kier alpha value is -1.26. The Labute approximate surface area is 121 Å². The van der Waals surface area contributed by atoms with Gasteiger partial charge in [0.05, 0.1) is 0 Å². The average Bonchev–Trinajstić information content (AvgIpc) is 2.78. The molecular weight excluding hydrogens is 256 g/mol. The lowest BCUT2D eigenvalue weighted by molar-refractivity contribution is -0.137. The van der Waals surface area contributed by atoms with Crippen LogP contribution in [0, 0.1) is 11.8 Å². The number of hydrogen-bond acceptors (Lipinski definition) is 2. The van der Waals surface area contributed by atoms with E-state index in [1.165, 1.54) is 6.42 Å². The van der Waals surface area contributed by atoms with Gasteiger partial charge >= 0.3 is 12.0 Å². The minimum atomic E-state index is -0.746. The summed E-state index contributed by atoms with van der Waals surface area (Å²) < 4.78 is 0. The molecule has 3 N–H and O–H groups in total. The zero-order chi connectivity index (χ0) is 15.0. The fourth-order valence-corrected chi connectivity index (χ4v) is 2.84. The molecule has 1 aliphatic carbocycles. The summed E-state index contributed by atoms with van der Waals surface area (Å²) in [4.78, 5) is 22.3. The van der Waals surface area contributed by atoms with Crippen molar-refractivity contribution in [2.45, 2.75) is 64.8 Å². The molecule has 1 fully saturated rings. The van der Waals surface area contributed by atoms with Crippen LogP contribution < -0.4 is 10.6 Å². The highest BCUT2D eigenvalue weighted by atomic mass is 16.4. The fraction of sp³-hybridized carbons (Fsp3) is 0.867. The van der Waals surface area contributed by atoms with E-state index in [9.17, 15) is 9.59 Å². The van der Waals surface area contributed by atoms with E-state index in [0.717, 1.165) is 25.7 Å². The van der Waals surface area contributed by atoms with Gasteiger partial charge in [0.15, 0.2) is 0 Å². The zero-order valence-electron chi connectivity index (χ0n) is 12.7. The van der Waals surface area contributed by atoms with Crippen LogP contribution in [-0.4, -0.2) is 29.7 Å². The third kappa shape index (κ3) is 6.78. The average molecular weight is 284 g/mol. The molecule has 2 amide bonds. The van der Waals surface area contributed by atoms with E-state index < -0.39 is 5.97 Å². The van der Waals surface area contributed by atoms with E-state index in [0.29, 0.717) is 30.8 Å². The Kier molecular flexibility index (Phi) is 7.41. The number of aliphatic carboxylic acids is 1. The zero-order valence-corrected chi connectivity index (χ0v) is 12.7. The van der Waals surface area contributed by atoms with Crippen LogP contribution in [-0.2, 0) is 4.79 Å². The molecule has 20 heavy (non-hydrogen) atoms. The molecule has 0 aromatic heterocycles. The topological polar surface area (TPSA) is 78.4 Å². The Morgan fingerprint density at radius 1 is 1.30 bits per heavy atom. The molecule has 0 radical (unpaired) electrons. The molecule has 0 aromatic carbocycles. The quantitative estimate of drug-likeness (QED) is 0.641. The molecule has 5 nitrogen and oxygen atoms in total. The molecule has 116 valence electrons. The van der Waals surface area contributed by atoms with Crippen molar-refractivity contribution in [1.29, 1.82) is 0 Å². The second-order valence-corrected chi connectivity index (χ2v) is 6.01. The van der Waals surface area contributed by atoms with E-state index in [2.05, 4.69) is 24.5 Å². The molecule has 1 saturated carbocycles. The molecule has 3 atom stereocenters. The number of nitrogens with one attached hydrogen (secondary N) is 2. The van der Waals surface area contributed by atoms with Gasteiger partial charge in [-0.05, 0) is 43.9 Å². The standard InChI is InChI=1S/C15H28N2O3/c1-3-12(5-7-14(18)19)8-9-16-15(20)17-13-6-4-11(2)10-13/h11-13H,3-10H2,1-2H3,(H,18,19)(H2,16,17,20). The summed E-state index contributed by atoms with van der Waals surface area (Å²) in [7, 11) is 0. The summed E-state index contributed by atoms with van der Waals surface area (Å²) in [5.74, 6) is 0.336. The lowest BCUT2D eigenvalue weighted by Gasteiger charge is -2.16. The second-order valence-electron chi connectivity index (χ2n) is 6.01. The van der Waals surface area contributed by atoms with Crippen LogP contribution in [0.3, 0.4) is 0 Å². The number of rotatable bonds is 8. The first-order chi connectivity index (χ1) is 9.51. The molecule has 0 aromatic rings. The molecule has 0 aliphatic heterocycles. The summed E-state index contributed by atoms with van der Waals surface area (Å²) in [5, 5.41) is 14.6. The normalized spacial score (nSPS) is 23.3. The Morgan fingerprint density at radius 2 is 2.05 bits per heavy atom. The first-order valence-electron chi connectivity index (χ1n) is 7.77. The van der Waals surface area contributed by atoms with E-state index >= 15 is 0 Å². The van der Waals surface area contributed by atoms with Crippen LogP contribution in [0.5, 0.6) is 0 Å². The lowest BCUT2D eigenvalue weighted by Crippen LogP contribution is -2.41. The molecule has 0 heterocycles. The minimum Gasteiger partial charge on any atom is -0.481 e.